The number of hydrogen-bond acceptors (Lipinski definition) is 4. The fourth-order valence-electron chi connectivity index (χ4n) is 1.24. The van der Waals surface area contributed by atoms with E-state index >= 15 is 0 Å². The molecule has 0 aliphatic rings. The lowest BCUT2D eigenvalue weighted by Crippen LogP contribution is -2.31. The molecule has 17 heavy (non-hydrogen) atoms. The number of carbonyl (C=O) groups is 1. The van der Waals surface area contributed by atoms with Crippen molar-refractivity contribution in [2.24, 2.45) is 0 Å². The Morgan fingerprint density at radius 3 is 1.88 bits per heavy atom. The van der Waals surface area contributed by atoms with E-state index in [0.29, 0.717) is 6.61 Å². The summed E-state index contributed by atoms with van der Waals surface area (Å²) < 4.78 is 4.77. The van der Waals surface area contributed by atoms with Gasteiger partial charge in [-0.05, 0) is 38.2 Å². The Bertz CT molecular complexity index is 198. The van der Waals surface area contributed by atoms with Gasteiger partial charge in [0.1, 0.15) is 0 Å². The molecule has 102 valence electrons. The fourth-order valence-corrected chi connectivity index (χ4v) is 4.08. The number of carbonyl (C=O) groups excluding carboxylic acids is 1. The van der Waals surface area contributed by atoms with Crippen LogP contribution >= 0.6 is 23.5 Å². The summed E-state index contributed by atoms with van der Waals surface area (Å²) in [5.41, 5.74) is 0. The summed E-state index contributed by atoms with van der Waals surface area (Å²) in [5, 5.41) is 0. The Morgan fingerprint density at radius 1 is 1.06 bits per heavy atom. The zero-order chi connectivity index (χ0) is 13.1. The molecule has 0 unspecified atom stereocenters. The molecule has 0 saturated carbocycles. The first-order valence-corrected chi connectivity index (χ1v) is 8.53. The Morgan fingerprint density at radius 2 is 1.53 bits per heavy atom. The molecule has 0 radical (unpaired) electrons. The van der Waals surface area contributed by atoms with Crippen LogP contribution in [0.25, 0.3) is 0 Å². The minimum absolute atomic E-state index is 0.0674. The van der Waals surface area contributed by atoms with E-state index < -0.39 is 4.08 Å². The highest BCUT2D eigenvalue weighted by Crippen LogP contribution is 2.39. The zero-order valence-corrected chi connectivity index (χ0v) is 13.2. The van der Waals surface area contributed by atoms with Gasteiger partial charge in [0.05, 0.1) is 6.61 Å². The van der Waals surface area contributed by atoms with Crippen LogP contribution in [-0.4, -0.2) is 28.2 Å². The summed E-state index contributed by atoms with van der Waals surface area (Å²) >= 11 is 3.47. The minimum Gasteiger partial charge on any atom is -0.464 e. The van der Waals surface area contributed by atoms with E-state index in [9.17, 15) is 4.79 Å². The predicted octanol–water partition coefficient (Wildman–Crippen LogP) is 4.33. The van der Waals surface area contributed by atoms with Gasteiger partial charge in [-0.3, -0.25) is 0 Å². The summed E-state index contributed by atoms with van der Waals surface area (Å²) in [6, 6.07) is 0. The van der Waals surface area contributed by atoms with Gasteiger partial charge < -0.3 is 4.74 Å². The van der Waals surface area contributed by atoms with Gasteiger partial charge in [0.25, 0.3) is 0 Å². The van der Waals surface area contributed by atoms with Gasteiger partial charge in [-0.25, -0.2) is 4.79 Å². The maximum absolute atomic E-state index is 12.0. The predicted molar refractivity (Wildman–Crippen MR) is 79.8 cm³/mol. The Kier molecular flexibility index (Phi) is 10.2. The number of thioether (sulfide) groups is 2. The van der Waals surface area contributed by atoms with E-state index in [1.165, 1.54) is 12.8 Å². The van der Waals surface area contributed by atoms with Crippen LogP contribution in [0.4, 0.5) is 0 Å². The number of rotatable bonds is 10. The monoisotopic (exact) mass is 278 g/mol. The van der Waals surface area contributed by atoms with Crippen molar-refractivity contribution in [2.45, 2.75) is 57.5 Å². The second-order valence-corrected chi connectivity index (χ2v) is 7.36. The molecule has 0 heterocycles. The summed E-state index contributed by atoms with van der Waals surface area (Å²) in [7, 11) is 0. The molecule has 0 aliphatic carbocycles. The van der Waals surface area contributed by atoms with E-state index in [4.69, 9.17) is 4.74 Å². The fraction of sp³-hybridized carbons (Fsp3) is 0.923. The molecule has 0 rings (SSSR count). The van der Waals surface area contributed by atoms with Gasteiger partial charge >= 0.3 is 5.97 Å². The molecule has 0 saturated heterocycles. The van der Waals surface area contributed by atoms with Crippen LogP contribution < -0.4 is 0 Å². The van der Waals surface area contributed by atoms with E-state index in [1.54, 1.807) is 23.5 Å². The number of hydrogen-bond donors (Lipinski definition) is 0. The first-order chi connectivity index (χ1) is 8.10. The first-order valence-electron chi connectivity index (χ1n) is 6.55. The third kappa shape index (κ3) is 7.24. The highest BCUT2D eigenvalue weighted by Gasteiger charge is 2.35. The molecule has 0 spiro atoms. The third-order valence-corrected chi connectivity index (χ3v) is 5.52. The second kappa shape index (κ2) is 10.1. The van der Waals surface area contributed by atoms with Gasteiger partial charge in [0.15, 0.2) is 4.08 Å². The standard InChI is InChI=1S/C13H26O2S2/c1-5-8-10-16-13(4,12(14)15-7-3)17-11-9-6-2/h5-11H2,1-4H3. The van der Waals surface area contributed by atoms with Crippen molar-refractivity contribution < 1.29 is 9.53 Å². The van der Waals surface area contributed by atoms with Crippen LogP contribution in [0, 0.1) is 0 Å². The van der Waals surface area contributed by atoms with Crippen molar-refractivity contribution in [1.29, 1.82) is 0 Å². The van der Waals surface area contributed by atoms with Crippen molar-refractivity contribution in [3.8, 4) is 0 Å². The number of unbranched alkanes of at least 4 members (excludes halogenated alkanes) is 2. The highest BCUT2D eigenvalue weighted by molar-refractivity contribution is 8.19. The lowest BCUT2D eigenvalue weighted by Gasteiger charge is -2.26. The molecule has 0 bridgehead atoms. The lowest BCUT2D eigenvalue weighted by atomic mass is 10.4. The van der Waals surface area contributed by atoms with Gasteiger partial charge in [-0.15, -0.1) is 23.5 Å². The van der Waals surface area contributed by atoms with Crippen LogP contribution in [-0.2, 0) is 9.53 Å². The topological polar surface area (TPSA) is 26.3 Å². The van der Waals surface area contributed by atoms with E-state index in [1.807, 2.05) is 13.8 Å². The highest BCUT2D eigenvalue weighted by atomic mass is 32.2. The number of esters is 1. The molecule has 0 aromatic carbocycles. The maximum Gasteiger partial charge on any atom is 0.332 e. The normalized spacial score (nSPS) is 11.5. The van der Waals surface area contributed by atoms with Crippen molar-refractivity contribution in [3.63, 3.8) is 0 Å². The summed E-state index contributed by atoms with van der Waals surface area (Å²) in [6.07, 6.45) is 4.67. The van der Waals surface area contributed by atoms with Crippen molar-refractivity contribution >= 4 is 29.5 Å². The summed E-state index contributed by atoms with van der Waals surface area (Å²) in [4.78, 5) is 12.0. The van der Waals surface area contributed by atoms with E-state index in [0.717, 1.165) is 24.3 Å². The smallest absolute Gasteiger partial charge is 0.332 e. The van der Waals surface area contributed by atoms with Crippen LogP contribution in [0.1, 0.15) is 53.4 Å². The SMILES string of the molecule is CCCCSC(C)(SCCCC)C(=O)OCC. The second-order valence-electron chi connectivity index (χ2n) is 4.07. The number of ether oxygens (including phenoxy) is 1. The molecule has 0 aromatic rings. The van der Waals surface area contributed by atoms with E-state index in [2.05, 4.69) is 13.8 Å². The van der Waals surface area contributed by atoms with Crippen LogP contribution in [0.2, 0.25) is 0 Å². The van der Waals surface area contributed by atoms with E-state index in [-0.39, 0.29) is 5.97 Å². The quantitative estimate of drug-likeness (QED) is 0.337. The largest absolute Gasteiger partial charge is 0.464 e. The van der Waals surface area contributed by atoms with Gasteiger partial charge in [0.2, 0.25) is 0 Å². The molecule has 0 fully saturated rings. The van der Waals surface area contributed by atoms with Crippen molar-refractivity contribution in [1.82, 2.24) is 0 Å². The average molecular weight is 278 g/mol. The molecule has 0 amide bonds. The molecule has 0 aliphatic heterocycles. The van der Waals surface area contributed by atoms with Crippen molar-refractivity contribution in [2.75, 3.05) is 18.1 Å². The lowest BCUT2D eigenvalue weighted by molar-refractivity contribution is -0.143. The van der Waals surface area contributed by atoms with Gasteiger partial charge in [-0.2, -0.15) is 0 Å². The van der Waals surface area contributed by atoms with Crippen LogP contribution in [0.15, 0.2) is 0 Å². The Labute approximate surface area is 115 Å². The van der Waals surface area contributed by atoms with Crippen molar-refractivity contribution in [3.05, 3.63) is 0 Å². The molecule has 0 atom stereocenters. The Balaban J connectivity index is 4.28. The van der Waals surface area contributed by atoms with Gasteiger partial charge in [-0.1, -0.05) is 26.7 Å². The van der Waals surface area contributed by atoms with Crippen LogP contribution in [0.3, 0.4) is 0 Å². The first kappa shape index (κ1) is 17.2. The summed E-state index contributed by atoms with van der Waals surface area (Å²) in [6.45, 7) is 8.69. The summed E-state index contributed by atoms with van der Waals surface area (Å²) in [5.74, 6) is 2.00. The molecular weight excluding hydrogens is 252 g/mol. The third-order valence-electron chi connectivity index (χ3n) is 2.40. The molecule has 0 aromatic heterocycles. The molecular formula is C13H26O2S2. The maximum atomic E-state index is 12.0. The average Bonchev–Trinajstić information content (AvgIpc) is 2.30. The molecule has 4 heteroatoms. The van der Waals surface area contributed by atoms with Crippen LogP contribution in [0.5, 0.6) is 0 Å². The molecule has 0 N–H and O–H groups in total. The zero-order valence-electron chi connectivity index (χ0n) is 11.6. The minimum atomic E-state index is -0.416. The Hall–Kier alpha value is 0.170. The molecule has 2 nitrogen and oxygen atoms in total. The van der Waals surface area contributed by atoms with Gasteiger partial charge in [0, 0.05) is 0 Å².